The lowest BCUT2D eigenvalue weighted by atomic mass is 10.0. The minimum Gasteiger partial charge on any atom is -0.352 e. The lowest BCUT2D eigenvalue weighted by molar-refractivity contribution is -0.121. The molecule has 2 N–H and O–H groups in total. The number of nitrogens with one attached hydrogen (secondary N) is 2. The van der Waals surface area contributed by atoms with Crippen molar-refractivity contribution in [1.29, 1.82) is 0 Å². The summed E-state index contributed by atoms with van der Waals surface area (Å²) in [6.45, 7) is 0.407. The predicted molar refractivity (Wildman–Crippen MR) is 111 cm³/mol. The minimum atomic E-state index is -0.417. The molecule has 0 aliphatic carbocycles. The lowest BCUT2D eigenvalue weighted by Crippen LogP contribution is -2.33. The number of hydrogen-bond donors (Lipinski definition) is 2. The van der Waals surface area contributed by atoms with Gasteiger partial charge >= 0.3 is 0 Å². The van der Waals surface area contributed by atoms with Crippen LogP contribution in [0.5, 0.6) is 0 Å². The molecule has 0 fully saturated rings. The molecule has 0 aromatic heterocycles. The maximum absolute atomic E-state index is 12.6. The van der Waals surface area contributed by atoms with Gasteiger partial charge in [-0.05, 0) is 35.4 Å². The Morgan fingerprint density at radius 2 is 1.43 bits per heavy atom. The molecule has 4 nitrogen and oxygen atoms in total. The molecule has 3 aromatic rings. The molecule has 0 radical (unpaired) electrons. The Morgan fingerprint density at radius 1 is 0.821 bits per heavy atom. The predicted octanol–water partition coefficient (Wildman–Crippen LogP) is 4.52. The highest BCUT2D eigenvalue weighted by Crippen LogP contribution is 2.18. The van der Waals surface area contributed by atoms with Gasteiger partial charge in [-0.1, -0.05) is 72.3 Å². The molecule has 0 aliphatic rings. The van der Waals surface area contributed by atoms with Crippen LogP contribution in [-0.2, 0) is 11.3 Å². The zero-order valence-corrected chi connectivity index (χ0v) is 16.0. The van der Waals surface area contributed by atoms with Gasteiger partial charge in [-0.15, -0.1) is 0 Å². The summed E-state index contributed by atoms with van der Waals surface area (Å²) in [5.74, 6) is -0.350. The lowest BCUT2D eigenvalue weighted by Gasteiger charge is -2.19. The molecule has 1 atom stereocenters. The van der Waals surface area contributed by atoms with Crippen LogP contribution < -0.4 is 10.6 Å². The highest BCUT2D eigenvalue weighted by molar-refractivity contribution is 6.30. The van der Waals surface area contributed by atoms with Gasteiger partial charge in [0.2, 0.25) is 5.91 Å². The number of benzene rings is 3. The van der Waals surface area contributed by atoms with Crippen molar-refractivity contribution in [3.8, 4) is 0 Å². The summed E-state index contributed by atoms with van der Waals surface area (Å²) >= 11 is 5.88. The molecule has 142 valence electrons. The van der Waals surface area contributed by atoms with Crippen LogP contribution >= 0.6 is 11.6 Å². The Bertz CT molecular complexity index is 912. The highest BCUT2D eigenvalue weighted by Gasteiger charge is 2.19. The largest absolute Gasteiger partial charge is 0.352 e. The van der Waals surface area contributed by atoms with Gasteiger partial charge in [0, 0.05) is 17.1 Å². The Morgan fingerprint density at radius 3 is 2.07 bits per heavy atom. The van der Waals surface area contributed by atoms with Gasteiger partial charge in [-0.25, -0.2) is 0 Å². The van der Waals surface area contributed by atoms with E-state index in [-0.39, 0.29) is 18.2 Å². The Labute approximate surface area is 169 Å². The van der Waals surface area contributed by atoms with Crippen LogP contribution in [0.3, 0.4) is 0 Å². The first-order valence-corrected chi connectivity index (χ1v) is 9.41. The fourth-order valence-electron chi connectivity index (χ4n) is 2.83. The van der Waals surface area contributed by atoms with Crippen LogP contribution in [0.4, 0.5) is 0 Å². The van der Waals surface area contributed by atoms with E-state index < -0.39 is 6.04 Å². The number of carbonyl (C=O) groups is 2. The van der Waals surface area contributed by atoms with Gasteiger partial charge in [-0.2, -0.15) is 0 Å². The van der Waals surface area contributed by atoms with E-state index in [2.05, 4.69) is 10.6 Å². The third-order valence-corrected chi connectivity index (χ3v) is 4.59. The van der Waals surface area contributed by atoms with Crippen LogP contribution in [0.15, 0.2) is 84.9 Å². The molecule has 0 heterocycles. The molecule has 2 amide bonds. The van der Waals surface area contributed by atoms with Gasteiger partial charge < -0.3 is 10.6 Å². The van der Waals surface area contributed by atoms with Crippen molar-refractivity contribution in [2.45, 2.75) is 19.0 Å². The van der Waals surface area contributed by atoms with E-state index in [1.54, 1.807) is 24.3 Å². The molecule has 3 rings (SSSR count). The average Bonchev–Trinajstić information content (AvgIpc) is 2.74. The van der Waals surface area contributed by atoms with Crippen LogP contribution in [0.2, 0.25) is 5.02 Å². The molecular weight excluding hydrogens is 372 g/mol. The third kappa shape index (κ3) is 5.69. The number of amides is 2. The van der Waals surface area contributed by atoms with Crippen molar-refractivity contribution < 1.29 is 9.59 Å². The number of carbonyl (C=O) groups excluding carboxylic acids is 2. The van der Waals surface area contributed by atoms with E-state index in [1.807, 2.05) is 60.7 Å². The van der Waals surface area contributed by atoms with Crippen molar-refractivity contribution in [2.24, 2.45) is 0 Å². The highest BCUT2D eigenvalue weighted by atomic mass is 35.5. The summed E-state index contributed by atoms with van der Waals surface area (Å²) < 4.78 is 0. The van der Waals surface area contributed by atoms with Gasteiger partial charge in [-0.3, -0.25) is 9.59 Å². The average molecular weight is 393 g/mol. The van der Waals surface area contributed by atoms with Gasteiger partial charge in [0.15, 0.2) is 0 Å². The van der Waals surface area contributed by atoms with Crippen LogP contribution in [0.25, 0.3) is 0 Å². The zero-order valence-electron chi connectivity index (χ0n) is 15.3. The monoisotopic (exact) mass is 392 g/mol. The van der Waals surface area contributed by atoms with E-state index >= 15 is 0 Å². The third-order valence-electron chi connectivity index (χ3n) is 4.34. The zero-order chi connectivity index (χ0) is 19.8. The van der Waals surface area contributed by atoms with Crippen molar-refractivity contribution in [2.75, 3.05) is 0 Å². The summed E-state index contributed by atoms with van der Waals surface area (Å²) in [5, 5.41) is 6.52. The second-order valence-corrected chi connectivity index (χ2v) is 6.85. The summed E-state index contributed by atoms with van der Waals surface area (Å²) in [5.41, 5.74) is 2.40. The van der Waals surface area contributed by atoms with Crippen molar-refractivity contribution in [3.05, 3.63) is 107 Å². The summed E-state index contributed by atoms with van der Waals surface area (Å²) in [6, 6.07) is 25.4. The normalized spacial score (nSPS) is 11.5. The SMILES string of the molecule is O=C(CC(NC(=O)c1ccccc1)c1ccccc1)NCc1ccc(Cl)cc1. The molecule has 0 aliphatic heterocycles. The molecule has 1 unspecified atom stereocenters. The van der Waals surface area contributed by atoms with Crippen LogP contribution in [0.1, 0.15) is 33.9 Å². The number of halogens is 1. The molecule has 0 bridgehead atoms. The molecule has 5 heteroatoms. The maximum Gasteiger partial charge on any atom is 0.251 e. The molecule has 3 aromatic carbocycles. The van der Waals surface area contributed by atoms with Gasteiger partial charge in [0.25, 0.3) is 5.91 Å². The van der Waals surface area contributed by atoms with E-state index in [0.29, 0.717) is 17.1 Å². The second-order valence-electron chi connectivity index (χ2n) is 6.41. The standard InChI is InChI=1S/C23H21ClN2O2/c24-20-13-11-17(12-14-20)16-25-22(27)15-21(18-7-3-1-4-8-18)26-23(28)19-9-5-2-6-10-19/h1-14,21H,15-16H2,(H,25,27)(H,26,28). The van der Waals surface area contributed by atoms with Crippen LogP contribution in [0, 0.1) is 0 Å². The molecule has 28 heavy (non-hydrogen) atoms. The second kappa shape index (κ2) is 9.72. The summed E-state index contributed by atoms with van der Waals surface area (Å²) in [7, 11) is 0. The van der Waals surface area contributed by atoms with Crippen molar-refractivity contribution in [3.63, 3.8) is 0 Å². The van der Waals surface area contributed by atoms with Crippen LogP contribution in [-0.4, -0.2) is 11.8 Å². The molecular formula is C23H21ClN2O2. The minimum absolute atomic E-state index is 0.142. The first-order chi connectivity index (χ1) is 13.6. The fourth-order valence-corrected chi connectivity index (χ4v) is 2.96. The summed E-state index contributed by atoms with van der Waals surface area (Å²) in [6.07, 6.45) is 0.149. The Kier molecular flexibility index (Phi) is 6.82. The van der Waals surface area contributed by atoms with Crippen molar-refractivity contribution >= 4 is 23.4 Å². The topological polar surface area (TPSA) is 58.2 Å². The van der Waals surface area contributed by atoms with E-state index in [1.165, 1.54) is 0 Å². The maximum atomic E-state index is 12.6. The van der Waals surface area contributed by atoms with E-state index in [4.69, 9.17) is 11.6 Å². The number of rotatable bonds is 7. The van der Waals surface area contributed by atoms with E-state index in [0.717, 1.165) is 11.1 Å². The Balaban J connectivity index is 1.66. The quantitative estimate of drug-likeness (QED) is 0.621. The smallest absolute Gasteiger partial charge is 0.251 e. The molecule has 0 saturated carbocycles. The Hall–Kier alpha value is -3.11. The summed E-state index contributed by atoms with van der Waals surface area (Å²) in [4.78, 5) is 25.1. The van der Waals surface area contributed by atoms with Gasteiger partial charge in [0.1, 0.15) is 0 Å². The van der Waals surface area contributed by atoms with E-state index in [9.17, 15) is 9.59 Å². The number of hydrogen-bond acceptors (Lipinski definition) is 2. The fraction of sp³-hybridized carbons (Fsp3) is 0.130. The first kappa shape index (κ1) is 19.6. The molecule has 0 spiro atoms. The van der Waals surface area contributed by atoms with Gasteiger partial charge in [0.05, 0.1) is 12.5 Å². The van der Waals surface area contributed by atoms with Crippen molar-refractivity contribution in [1.82, 2.24) is 10.6 Å². The first-order valence-electron chi connectivity index (χ1n) is 9.04. The molecule has 0 saturated heterocycles.